The van der Waals surface area contributed by atoms with E-state index in [0.717, 1.165) is 5.56 Å². The van der Waals surface area contributed by atoms with Gasteiger partial charge in [0.2, 0.25) is 5.75 Å². The number of benzene rings is 1. The summed E-state index contributed by atoms with van der Waals surface area (Å²) >= 11 is 0. The summed E-state index contributed by atoms with van der Waals surface area (Å²) in [6, 6.07) is 9.93. The van der Waals surface area contributed by atoms with Crippen LogP contribution in [0.25, 0.3) is 0 Å². The highest BCUT2D eigenvalue weighted by molar-refractivity contribution is 5.62. The molecule has 0 aliphatic rings. The number of nitrogens with two attached hydrogens (primary N) is 1. The third-order valence-corrected chi connectivity index (χ3v) is 2.90. The summed E-state index contributed by atoms with van der Waals surface area (Å²) < 4.78 is 5.27. The van der Waals surface area contributed by atoms with Crippen LogP contribution in [0.1, 0.15) is 5.56 Å². The van der Waals surface area contributed by atoms with E-state index in [0.29, 0.717) is 24.7 Å². The fourth-order valence-corrected chi connectivity index (χ4v) is 1.98. The number of aromatic nitrogens is 2. The van der Waals surface area contributed by atoms with Gasteiger partial charge in [0.25, 0.3) is 0 Å². The SMILES string of the molecule is COc1c(N)ncnc1N(CCO)Cc1ccccc1. The maximum Gasteiger partial charge on any atom is 0.204 e. The van der Waals surface area contributed by atoms with E-state index in [-0.39, 0.29) is 12.4 Å². The van der Waals surface area contributed by atoms with Crippen LogP contribution in [0, 0.1) is 0 Å². The number of hydrogen-bond acceptors (Lipinski definition) is 6. The van der Waals surface area contributed by atoms with Gasteiger partial charge in [-0.15, -0.1) is 0 Å². The molecule has 0 aliphatic heterocycles. The maximum atomic E-state index is 9.25. The van der Waals surface area contributed by atoms with Crippen LogP contribution in [0.4, 0.5) is 11.6 Å². The van der Waals surface area contributed by atoms with Crippen LogP contribution < -0.4 is 15.4 Å². The second-order valence-electron chi connectivity index (χ2n) is 4.25. The number of nitrogen functional groups attached to an aromatic ring is 1. The first kappa shape index (κ1) is 14.1. The van der Waals surface area contributed by atoms with E-state index in [1.807, 2.05) is 35.2 Å². The summed E-state index contributed by atoms with van der Waals surface area (Å²) in [6.07, 6.45) is 1.39. The van der Waals surface area contributed by atoms with Gasteiger partial charge in [-0.25, -0.2) is 9.97 Å². The van der Waals surface area contributed by atoms with E-state index in [4.69, 9.17) is 10.5 Å². The van der Waals surface area contributed by atoms with Crippen LogP contribution in [-0.4, -0.2) is 35.3 Å². The van der Waals surface area contributed by atoms with Gasteiger partial charge in [-0.1, -0.05) is 30.3 Å². The molecule has 0 fully saturated rings. The van der Waals surface area contributed by atoms with Gasteiger partial charge in [0, 0.05) is 13.1 Å². The molecule has 1 aromatic carbocycles. The van der Waals surface area contributed by atoms with E-state index >= 15 is 0 Å². The third-order valence-electron chi connectivity index (χ3n) is 2.90. The molecule has 0 aliphatic carbocycles. The standard InChI is InChI=1S/C14H18N4O2/c1-20-12-13(15)16-10-17-14(12)18(7-8-19)9-11-5-3-2-4-6-11/h2-6,10,19H,7-9H2,1H3,(H2,15,16,17). The molecule has 2 aromatic rings. The minimum Gasteiger partial charge on any atom is -0.490 e. The number of aliphatic hydroxyl groups is 1. The number of methoxy groups -OCH3 is 1. The molecular weight excluding hydrogens is 256 g/mol. The van der Waals surface area contributed by atoms with Crippen molar-refractivity contribution >= 4 is 11.6 Å². The Kier molecular flexibility index (Phi) is 4.73. The average molecular weight is 274 g/mol. The van der Waals surface area contributed by atoms with E-state index in [1.54, 1.807) is 0 Å². The molecule has 3 N–H and O–H groups in total. The smallest absolute Gasteiger partial charge is 0.204 e. The highest BCUT2D eigenvalue weighted by Gasteiger charge is 2.16. The Morgan fingerprint density at radius 3 is 2.65 bits per heavy atom. The molecule has 2 rings (SSSR count). The highest BCUT2D eigenvalue weighted by atomic mass is 16.5. The molecular formula is C14H18N4O2. The number of hydrogen-bond donors (Lipinski definition) is 2. The van der Waals surface area contributed by atoms with Gasteiger partial charge < -0.3 is 20.5 Å². The maximum absolute atomic E-state index is 9.25. The second kappa shape index (κ2) is 6.72. The quantitative estimate of drug-likeness (QED) is 0.819. The summed E-state index contributed by atoms with van der Waals surface area (Å²) in [5.74, 6) is 1.29. The van der Waals surface area contributed by atoms with Gasteiger partial charge in [0.1, 0.15) is 6.33 Å². The normalized spacial score (nSPS) is 10.3. The van der Waals surface area contributed by atoms with Crippen LogP contribution in [0.5, 0.6) is 5.75 Å². The summed E-state index contributed by atoms with van der Waals surface area (Å²) in [6.45, 7) is 1.05. The molecule has 0 atom stereocenters. The van der Waals surface area contributed by atoms with E-state index in [9.17, 15) is 5.11 Å². The molecule has 20 heavy (non-hydrogen) atoms. The molecule has 0 radical (unpaired) electrons. The van der Waals surface area contributed by atoms with Gasteiger partial charge in [-0.05, 0) is 5.56 Å². The van der Waals surface area contributed by atoms with Crippen molar-refractivity contribution in [3.05, 3.63) is 42.2 Å². The Labute approximate surface area is 117 Å². The molecule has 0 amide bonds. The largest absolute Gasteiger partial charge is 0.490 e. The minimum absolute atomic E-state index is 0.0138. The van der Waals surface area contributed by atoms with Gasteiger partial charge in [-0.2, -0.15) is 0 Å². The minimum atomic E-state index is 0.0138. The zero-order valence-electron chi connectivity index (χ0n) is 11.4. The Morgan fingerprint density at radius 1 is 1.25 bits per heavy atom. The monoisotopic (exact) mass is 274 g/mol. The average Bonchev–Trinajstić information content (AvgIpc) is 2.47. The Morgan fingerprint density at radius 2 is 2.00 bits per heavy atom. The highest BCUT2D eigenvalue weighted by Crippen LogP contribution is 2.30. The molecule has 0 saturated carbocycles. The van der Waals surface area contributed by atoms with Crippen molar-refractivity contribution in [3.8, 4) is 5.75 Å². The lowest BCUT2D eigenvalue weighted by atomic mass is 10.2. The summed E-state index contributed by atoms with van der Waals surface area (Å²) in [5, 5.41) is 9.25. The Balaban J connectivity index is 2.31. The van der Waals surface area contributed by atoms with Gasteiger partial charge in [-0.3, -0.25) is 0 Å². The van der Waals surface area contributed by atoms with Crippen LogP contribution in [0.15, 0.2) is 36.7 Å². The van der Waals surface area contributed by atoms with E-state index < -0.39 is 0 Å². The zero-order chi connectivity index (χ0) is 14.4. The fourth-order valence-electron chi connectivity index (χ4n) is 1.98. The van der Waals surface area contributed by atoms with Crippen molar-refractivity contribution in [2.75, 3.05) is 30.9 Å². The zero-order valence-corrected chi connectivity index (χ0v) is 11.4. The lowest BCUT2D eigenvalue weighted by Gasteiger charge is -2.24. The van der Waals surface area contributed by atoms with Crippen molar-refractivity contribution in [2.24, 2.45) is 0 Å². The summed E-state index contributed by atoms with van der Waals surface area (Å²) in [7, 11) is 1.53. The molecule has 0 unspecified atom stereocenters. The first-order valence-corrected chi connectivity index (χ1v) is 6.30. The predicted octanol–water partition coefficient (Wildman–Crippen LogP) is 1.07. The topological polar surface area (TPSA) is 84.5 Å². The molecule has 0 saturated heterocycles. The molecule has 1 heterocycles. The lowest BCUT2D eigenvalue weighted by molar-refractivity contribution is 0.300. The molecule has 106 valence electrons. The van der Waals surface area contributed by atoms with Crippen molar-refractivity contribution in [2.45, 2.75) is 6.54 Å². The van der Waals surface area contributed by atoms with Crippen LogP contribution in [0.2, 0.25) is 0 Å². The van der Waals surface area contributed by atoms with Crippen molar-refractivity contribution in [1.29, 1.82) is 0 Å². The number of ether oxygens (including phenoxy) is 1. The fraction of sp³-hybridized carbons (Fsp3) is 0.286. The lowest BCUT2D eigenvalue weighted by Crippen LogP contribution is -2.27. The number of nitrogens with zero attached hydrogens (tertiary/aromatic N) is 3. The third kappa shape index (κ3) is 3.16. The van der Waals surface area contributed by atoms with Crippen molar-refractivity contribution in [1.82, 2.24) is 9.97 Å². The van der Waals surface area contributed by atoms with Crippen LogP contribution >= 0.6 is 0 Å². The molecule has 1 aromatic heterocycles. The molecule has 6 heteroatoms. The van der Waals surface area contributed by atoms with Gasteiger partial charge in [0.05, 0.1) is 13.7 Å². The Hall–Kier alpha value is -2.34. The van der Waals surface area contributed by atoms with Crippen molar-refractivity contribution < 1.29 is 9.84 Å². The first-order chi connectivity index (χ1) is 9.76. The second-order valence-corrected chi connectivity index (χ2v) is 4.25. The van der Waals surface area contributed by atoms with Crippen LogP contribution in [-0.2, 0) is 6.54 Å². The summed E-state index contributed by atoms with van der Waals surface area (Å²) in [5.41, 5.74) is 6.91. The van der Waals surface area contributed by atoms with Gasteiger partial charge in [0.15, 0.2) is 11.6 Å². The number of anilines is 2. The van der Waals surface area contributed by atoms with Crippen molar-refractivity contribution in [3.63, 3.8) is 0 Å². The number of aliphatic hydroxyl groups excluding tert-OH is 1. The first-order valence-electron chi connectivity index (χ1n) is 6.30. The van der Waals surface area contributed by atoms with Gasteiger partial charge >= 0.3 is 0 Å². The molecule has 6 nitrogen and oxygen atoms in total. The Bertz CT molecular complexity index is 548. The molecule has 0 bridgehead atoms. The number of rotatable bonds is 6. The van der Waals surface area contributed by atoms with E-state index in [1.165, 1.54) is 13.4 Å². The predicted molar refractivity (Wildman–Crippen MR) is 77.6 cm³/mol. The van der Waals surface area contributed by atoms with E-state index in [2.05, 4.69) is 9.97 Å². The molecule has 0 spiro atoms. The summed E-state index contributed by atoms with van der Waals surface area (Å²) in [4.78, 5) is 10.0. The van der Waals surface area contributed by atoms with Crippen LogP contribution in [0.3, 0.4) is 0 Å².